The van der Waals surface area contributed by atoms with Gasteiger partial charge in [-0.25, -0.2) is 8.42 Å². The van der Waals surface area contributed by atoms with Crippen molar-refractivity contribution in [3.63, 3.8) is 0 Å². The predicted molar refractivity (Wildman–Crippen MR) is 80.5 cm³/mol. The number of benzene rings is 1. The van der Waals surface area contributed by atoms with Crippen LogP contribution in [0.1, 0.15) is 0 Å². The van der Waals surface area contributed by atoms with Crippen LogP contribution in [0.25, 0.3) is 11.3 Å². The minimum Gasteiger partial charge on any atom is -0.356 e. The molecule has 1 N–H and O–H groups in total. The Kier molecular flexibility index (Phi) is 3.28. The van der Waals surface area contributed by atoms with E-state index in [0.29, 0.717) is 41.1 Å². The summed E-state index contributed by atoms with van der Waals surface area (Å²) < 4.78 is 32.8. The summed E-state index contributed by atoms with van der Waals surface area (Å²) in [6, 6.07) is 8.62. The zero-order valence-electron chi connectivity index (χ0n) is 12.0. The topological polar surface area (TPSA) is 75.4 Å². The van der Waals surface area contributed by atoms with Gasteiger partial charge in [0.15, 0.2) is 5.76 Å². The van der Waals surface area contributed by atoms with Crippen molar-refractivity contribution in [2.45, 2.75) is 4.90 Å². The molecular weight excluding hydrogens is 302 g/mol. The van der Waals surface area contributed by atoms with Gasteiger partial charge in [0, 0.05) is 24.7 Å². The second-order valence-electron chi connectivity index (χ2n) is 5.87. The SMILES string of the molecule is O=S(=O)(c1ccccc1-c1ccno1)N1C[C@H]2CNC[C@H]2C1. The molecule has 2 aliphatic rings. The van der Waals surface area contributed by atoms with E-state index in [1.165, 1.54) is 6.20 Å². The molecule has 1 aromatic heterocycles. The number of fused-ring (bicyclic) bond motifs is 1. The van der Waals surface area contributed by atoms with Gasteiger partial charge in [-0.05, 0) is 37.1 Å². The van der Waals surface area contributed by atoms with Gasteiger partial charge in [0.25, 0.3) is 0 Å². The Morgan fingerprint density at radius 3 is 2.55 bits per heavy atom. The zero-order chi connectivity index (χ0) is 15.2. The highest BCUT2D eigenvalue weighted by Crippen LogP contribution is 2.34. The predicted octanol–water partition coefficient (Wildman–Crippen LogP) is 1.18. The van der Waals surface area contributed by atoms with E-state index >= 15 is 0 Å². The van der Waals surface area contributed by atoms with Crippen LogP contribution in [-0.2, 0) is 10.0 Å². The van der Waals surface area contributed by atoms with Gasteiger partial charge in [-0.3, -0.25) is 0 Å². The fraction of sp³-hybridized carbons (Fsp3) is 0.400. The Bertz CT molecular complexity index is 761. The summed E-state index contributed by atoms with van der Waals surface area (Å²) in [7, 11) is -3.52. The van der Waals surface area contributed by atoms with E-state index in [1.807, 2.05) is 0 Å². The number of nitrogens with zero attached hydrogens (tertiary/aromatic N) is 2. The monoisotopic (exact) mass is 319 g/mol. The molecule has 6 nitrogen and oxygen atoms in total. The Labute approximate surface area is 129 Å². The van der Waals surface area contributed by atoms with Crippen molar-refractivity contribution in [1.82, 2.24) is 14.8 Å². The van der Waals surface area contributed by atoms with E-state index < -0.39 is 10.0 Å². The number of nitrogens with one attached hydrogen (secondary N) is 1. The quantitative estimate of drug-likeness (QED) is 0.919. The molecule has 2 fully saturated rings. The molecule has 0 unspecified atom stereocenters. The Morgan fingerprint density at radius 2 is 1.86 bits per heavy atom. The van der Waals surface area contributed by atoms with Gasteiger partial charge in [-0.2, -0.15) is 4.31 Å². The average molecular weight is 319 g/mol. The van der Waals surface area contributed by atoms with Gasteiger partial charge >= 0.3 is 0 Å². The first-order chi connectivity index (χ1) is 10.7. The lowest BCUT2D eigenvalue weighted by Gasteiger charge is -2.19. The van der Waals surface area contributed by atoms with E-state index in [1.54, 1.807) is 34.6 Å². The largest absolute Gasteiger partial charge is 0.356 e. The smallest absolute Gasteiger partial charge is 0.243 e. The molecule has 116 valence electrons. The fourth-order valence-corrected chi connectivity index (χ4v) is 5.15. The second kappa shape index (κ2) is 5.19. The third-order valence-corrected chi connectivity index (χ3v) is 6.45. The molecule has 2 aliphatic heterocycles. The van der Waals surface area contributed by atoms with E-state index in [9.17, 15) is 8.42 Å². The average Bonchev–Trinajstić information content (AvgIpc) is 3.23. The normalized spacial score (nSPS) is 25.5. The Balaban J connectivity index is 1.72. The van der Waals surface area contributed by atoms with Crippen LogP contribution in [-0.4, -0.2) is 44.1 Å². The molecule has 2 aromatic rings. The summed E-state index contributed by atoms with van der Waals surface area (Å²) in [6.07, 6.45) is 1.52. The molecule has 4 rings (SSSR count). The molecule has 0 saturated carbocycles. The molecule has 0 amide bonds. The standard InChI is InChI=1S/C15H17N3O3S/c19-22(20,18-9-11-7-16-8-12(11)10-18)15-4-2-1-3-13(15)14-5-6-17-21-14/h1-6,11-12,16H,7-10H2/t11-,12+. The Hall–Kier alpha value is -1.70. The molecule has 3 heterocycles. The number of hydrogen-bond acceptors (Lipinski definition) is 5. The first-order valence-corrected chi connectivity index (χ1v) is 8.81. The van der Waals surface area contributed by atoms with Crippen LogP contribution in [0.4, 0.5) is 0 Å². The van der Waals surface area contributed by atoms with Crippen molar-refractivity contribution in [3.8, 4) is 11.3 Å². The van der Waals surface area contributed by atoms with Crippen molar-refractivity contribution in [1.29, 1.82) is 0 Å². The molecule has 2 saturated heterocycles. The molecule has 2 atom stereocenters. The summed E-state index contributed by atoms with van der Waals surface area (Å²) in [5, 5.41) is 7.00. The van der Waals surface area contributed by atoms with Crippen LogP contribution in [0, 0.1) is 11.8 Å². The maximum atomic E-state index is 13.0. The van der Waals surface area contributed by atoms with Gasteiger partial charge < -0.3 is 9.84 Å². The van der Waals surface area contributed by atoms with Gasteiger partial charge in [-0.1, -0.05) is 17.3 Å². The van der Waals surface area contributed by atoms with Gasteiger partial charge in [0.1, 0.15) is 0 Å². The third-order valence-electron chi connectivity index (χ3n) is 4.56. The minimum absolute atomic E-state index is 0.291. The number of hydrogen-bond donors (Lipinski definition) is 1. The van der Waals surface area contributed by atoms with Crippen LogP contribution in [0.3, 0.4) is 0 Å². The van der Waals surface area contributed by atoms with Crippen LogP contribution >= 0.6 is 0 Å². The lowest BCUT2D eigenvalue weighted by atomic mass is 10.0. The summed E-state index contributed by atoms with van der Waals surface area (Å²) in [5.41, 5.74) is 0.565. The maximum Gasteiger partial charge on any atom is 0.243 e. The summed E-state index contributed by atoms with van der Waals surface area (Å²) in [4.78, 5) is 0.291. The number of sulfonamides is 1. The maximum absolute atomic E-state index is 13.0. The molecule has 7 heteroatoms. The van der Waals surface area contributed by atoms with Gasteiger partial charge in [0.2, 0.25) is 10.0 Å². The van der Waals surface area contributed by atoms with Crippen molar-refractivity contribution in [3.05, 3.63) is 36.5 Å². The fourth-order valence-electron chi connectivity index (χ4n) is 3.40. The summed E-state index contributed by atoms with van der Waals surface area (Å²) in [5.74, 6) is 1.32. The van der Waals surface area contributed by atoms with Crippen molar-refractivity contribution in [2.75, 3.05) is 26.2 Å². The molecule has 1 aromatic carbocycles. The van der Waals surface area contributed by atoms with E-state index in [4.69, 9.17) is 4.52 Å². The van der Waals surface area contributed by atoms with Crippen LogP contribution in [0.5, 0.6) is 0 Å². The van der Waals surface area contributed by atoms with Crippen LogP contribution < -0.4 is 5.32 Å². The van der Waals surface area contributed by atoms with Crippen molar-refractivity contribution < 1.29 is 12.9 Å². The molecule has 22 heavy (non-hydrogen) atoms. The Morgan fingerprint density at radius 1 is 1.14 bits per heavy atom. The lowest BCUT2D eigenvalue weighted by Crippen LogP contribution is -2.32. The summed E-state index contributed by atoms with van der Waals surface area (Å²) in [6.45, 7) is 2.98. The van der Waals surface area contributed by atoms with E-state index in [-0.39, 0.29) is 0 Å². The minimum atomic E-state index is -3.52. The lowest BCUT2D eigenvalue weighted by molar-refractivity contribution is 0.429. The number of rotatable bonds is 3. The second-order valence-corrected chi connectivity index (χ2v) is 7.78. The summed E-state index contributed by atoms with van der Waals surface area (Å²) >= 11 is 0. The highest BCUT2D eigenvalue weighted by Gasteiger charge is 2.42. The van der Waals surface area contributed by atoms with Gasteiger partial charge in [-0.15, -0.1) is 0 Å². The molecular formula is C15H17N3O3S. The first-order valence-electron chi connectivity index (χ1n) is 7.37. The third kappa shape index (κ3) is 2.16. The van der Waals surface area contributed by atoms with E-state index in [2.05, 4.69) is 10.5 Å². The highest BCUT2D eigenvalue weighted by atomic mass is 32.2. The molecule has 0 spiro atoms. The van der Waals surface area contributed by atoms with Gasteiger partial charge in [0.05, 0.1) is 11.1 Å². The molecule has 0 aliphatic carbocycles. The zero-order valence-corrected chi connectivity index (χ0v) is 12.8. The highest BCUT2D eigenvalue weighted by molar-refractivity contribution is 7.89. The van der Waals surface area contributed by atoms with Crippen molar-refractivity contribution >= 4 is 10.0 Å². The van der Waals surface area contributed by atoms with E-state index in [0.717, 1.165) is 13.1 Å². The van der Waals surface area contributed by atoms with Crippen molar-refractivity contribution in [2.24, 2.45) is 11.8 Å². The van der Waals surface area contributed by atoms with Crippen LogP contribution in [0.2, 0.25) is 0 Å². The molecule has 0 radical (unpaired) electrons. The molecule has 0 bridgehead atoms. The first kappa shape index (κ1) is 13.9. The number of aromatic nitrogens is 1. The van der Waals surface area contributed by atoms with Crippen LogP contribution in [0.15, 0.2) is 45.9 Å².